The zero-order valence-electron chi connectivity index (χ0n) is 6.50. The van der Waals surface area contributed by atoms with E-state index in [1.165, 1.54) is 12.4 Å². The van der Waals surface area contributed by atoms with Crippen LogP contribution < -0.4 is 11.3 Å². The van der Waals surface area contributed by atoms with Gasteiger partial charge in [0.2, 0.25) is 0 Å². The third-order valence-electron chi connectivity index (χ3n) is 1.16. The van der Waals surface area contributed by atoms with Crippen molar-refractivity contribution in [3.8, 4) is 11.8 Å². The van der Waals surface area contributed by atoms with Gasteiger partial charge in [0.15, 0.2) is 0 Å². The van der Waals surface area contributed by atoms with Crippen molar-refractivity contribution in [3.63, 3.8) is 0 Å². The van der Waals surface area contributed by atoms with Gasteiger partial charge < -0.3 is 10.7 Å². The Morgan fingerprint density at radius 1 is 1.67 bits per heavy atom. The van der Waals surface area contributed by atoms with Gasteiger partial charge >= 0.3 is 0 Å². The van der Waals surface area contributed by atoms with Crippen molar-refractivity contribution >= 4 is 0 Å². The van der Waals surface area contributed by atoms with Crippen molar-refractivity contribution in [2.45, 2.75) is 6.42 Å². The Balaban J connectivity index is 2.72. The summed E-state index contributed by atoms with van der Waals surface area (Å²) >= 11 is 0. The minimum atomic E-state index is -0.223. The van der Waals surface area contributed by atoms with Crippen LogP contribution in [0.3, 0.4) is 0 Å². The van der Waals surface area contributed by atoms with Gasteiger partial charge in [0.05, 0.1) is 6.20 Å². The summed E-state index contributed by atoms with van der Waals surface area (Å²) in [5, 5.41) is 0. The average molecular weight is 163 g/mol. The van der Waals surface area contributed by atoms with E-state index in [0.29, 0.717) is 18.7 Å². The fourth-order valence-corrected chi connectivity index (χ4v) is 0.636. The minimum absolute atomic E-state index is 0.223. The first-order valence-corrected chi connectivity index (χ1v) is 3.56. The maximum absolute atomic E-state index is 10.6. The number of hydrogen-bond donors (Lipinski definition) is 2. The number of nitrogens with one attached hydrogen (secondary N) is 1. The number of hydrogen-bond acceptors (Lipinski definition) is 3. The summed E-state index contributed by atoms with van der Waals surface area (Å²) in [6, 6.07) is 0. The molecule has 0 saturated heterocycles. The van der Waals surface area contributed by atoms with E-state index in [9.17, 15) is 4.79 Å². The second kappa shape index (κ2) is 4.31. The largest absolute Gasteiger partial charge is 0.330 e. The van der Waals surface area contributed by atoms with Gasteiger partial charge in [-0.3, -0.25) is 4.79 Å². The summed E-state index contributed by atoms with van der Waals surface area (Å²) in [6.45, 7) is 0.538. The second-order valence-electron chi connectivity index (χ2n) is 2.14. The molecule has 0 spiro atoms. The summed E-state index contributed by atoms with van der Waals surface area (Å²) in [5.74, 6) is 5.57. The molecule has 0 fully saturated rings. The Bertz CT molecular complexity index is 338. The highest BCUT2D eigenvalue weighted by molar-refractivity contribution is 5.23. The molecule has 0 bridgehead atoms. The van der Waals surface area contributed by atoms with E-state index in [0.717, 1.165) is 0 Å². The molecule has 0 aliphatic rings. The molecule has 4 heteroatoms. The molecule has 1 aromatic heterocycles. The van der Waals surface area contributed by atoms with E-state index in [2.05, 4.69) is 21.8 Å². The van der Waals surface area contributed by atoms with Crippen LogP contribution in [0.2, 0.25) is 0 Å². The number of aromatic nitrogens is 2. The fraction of sp³-hybridized carbons (Fsp3) is 0.250. The van der Waals surface area contributed by atoms with Crippen molar-refractivity contribution in [3.05, 3.63) is 28.4 Å². The first-order valence-electron chi connectivity index (χ1n) is 3.56. The average Bonchev–Trinajstić information content (AvgIpc) is 2.09. The summed E-state index contributed by atoms with van der Waals surface area (Å²) < 4.78 is 0. The molecular weight excluding hydrogens is 154 g/mol. The minimum Gasteiger partial charge on any atom is -0.330 e. The van der Waals surface area contributed by atoms with E-state index >= 15 is 0 Å². The molecule has 0 amide bonds. The van der Waals surface area contributed by atoms with Gasteiger partial charge in [-0.15, -0.1) is 0 Å². The molecule has 1 aromatic rings. The Morgan fingerprint density at radius 3 is 3.08 bits per heavy atom. The van der Waals surface area contributed by atoms with Crippen LogP contribution in [0.5, 0.6) is 0 Å². The molecule has 1 rings (SSSR count). The van der Waals surface area contributed by atoms with E-state index in [1.807, 2.05) is 0 Å². The lowest BCUT2D eigenvalue weighted by atomic mass is 10.4. The monoisotopic (exact) mass is 163 g/mol. The molecule has 3 N–H and O–H groups in total. The Morgan fingerprint density at radius 2 is 2.50 bits per heavy atom. The first-order chi connectivity index (χ1) is 5.83. The molecule has 0 aromatic carbocycles. The smallest absolute Gasteiger partial charge is 0.266 e. The van der Waals surface area contributed by atoms with Gasteiger partial charge in [-0.25, -0.2) is 4.98 Å². The Hall–Kier alpha value is -1.60. The third-order valence-corrected chi connectivity index (χ3v) is 1.16. The number of nitrogens with zero attached hydrogens (tertiary/aromatic N) is 1. The third kappa shape index (κ3) is 2.56. The lowest BCUT2D eigenvalue weighted by Gasteiger charge is -1.85. The summed E-state index contributed by atoms with van der Waals surface area (Å²) in [4.78, 5) is 16.8. The topological polar surface area (TPSA) is 71.8 Å². The molecular formula is C8H9N3O. The predicted molar refractivity (Wildman–Crippen MR) is 45.4 cm³/mol. The van der Waals surface area contributed by atoms with Crippen LogP contribution in [0.4, 0.5) is 0 Å². The standard InChI is InChI=1S/C8H9N3O/c9-4-2-1-3-7-5-11-8(12)6-10-7/h5-6H,2,4,9H2,(H,11,12). The van der Waals surface area contributed by atoms with Crippen LogP contribution in [-0.4, -0.2) is 16.5 Å². The number of H-pyrrole nitrogens is 1. The van der Waals surface area contributed by atoms with Crippen molar-refractivity contribution in [2.75, 3.05) is 6.54 Å². The molecule has 0 aliphatic carbocycles. The molecule has 0 saturated carbocycles. The molecule has 12 heavy (non-hydrogen) atoms. The molecule has 0 aliphatic heterocycles. The highest BCUT2D eigenvalue weighted by atomic mass is 16.1. The van der Waals surface area contributed by atoms with Gasteiger partial charge in [0.25, 0.3) is 5.56 Å². The van der Waals surface area contributed by atoms with Crippen LogP contribution in [0, 0.1) is 11.8 Å². The maximum atomic E-state index is 10.6. The second-order valence-corrected chi connectivity index (χ2v) is 2.14. The zero-order valence-corrected chi connectivity index (χ0v) is 6.50. The van der Waals surface area contributed by atoms with E-state index in [-0.39, 0.29) is 5.56 Å². The maximum Gasteiger partial charge on any atom is 0.266 e. The van der Waals surface area contributed by atoms with Gasteiger partial charge in [0, 0.05) is 19.2 Å². The molecule has 0 unspecified atom stereocenters. The molecule has 62 valence electrons. The normalized spacial score (nSPS) is 8.75. The predicted octanol–water partition coefficient (Wildman–Crippen LogP) is -0.530. The van der Waals surface area contributed by atoms with Gasteiger partial charge in [-0.1, -0.05) is 5.92 Å². The highest BCUT2D eigenvalue weighted by Gasteiger charge is 1.85. The van der Waals surface area contributed by atoms with Gasteiger partial charge in [-0.05, 0) is 5.92 Å². The van der Waals surface area contributed by atoms with Crippen LogP contribution in [0.25, 0.3) is 0 Å². The Labute approximate surface area is 69.8 Å². The van der Waals surface area contributed by atoms with Crippen molar-refractivity contribution in [1.29, 1.82) is 0 Å². The van der Waals surface area contributed by atoms with E-state index in [4.69, 9.17) is 5.73 Å². The fourth-order valence-electron chi connectivity index (χ4n) is 0.636. The lowest BCUT2D eigenvalue weighted by molar-refractivity contribution is 1.03. The van der Waals surface area contributed by atoms with E-state index in [1.54, 1.807) is 0 Å². The van der Waals surface area contributed by atoms with E-state index < -0.39 is 0 Å². The Kier molecular flexibility index (Phi) is 3.05. The molecule has 0 atom stereocenters. The van der Waals surface area contributed by atoms with Crippen molar-refractivity contribution in [1.82, 2.24) is 9.97 Å². The van der Waals surface area contributed by atoms with Crippen LogP contribution in [0.1, 0.15) is 12.1 Å². The molecule has 0 radical (unpaired) electrons. The lowest BCUT2D eigenvalue weighted by Crippen LogP contribution is -2.04. The summed E-state index contributed by atoms with van der Waals surface area (Å²) in [7, 11) is 0. The van der Waals surface area contributed by atoms with Crippen molar-refractivity contribution in [2.24, 2.45) is 5.73 Å². The highest BCUT2D eigenvalue weighted by Crippen LogP contribution is 1.82. The number of aromatic amines is 1. The zero-order chi connectivity index (χ0) is 8.81. The van der Waals surface area contributed by atoms with Gasteiger partial charge in [-0.2, -0.15) is 0 Å². The molecule has 4 nitrogen and oxygen atoms in total. The molecule has 1 heterocycles. The first kappa shape index (κ1) is 8.50. The summed E-state index contributed by atoms with van der Waals surface area (Å²) in [6.07, 6.45) is 3.32. The summed E-state index contributed by atoms with van der Waals surface area (Å²) in [5.41, 5.74) is 5.57. The van der Waals surface area contributed by atoms with Crippen molar-refractivity contribution < 1.29 is 0 Å². The van der Waals surface area contributed by atoms with Crippen LogP contribution >= 0.6 is 0 Å². The van der Waals surface area contributed by atoms with Crippen LogP contribution in [-0.2, 0) is 0 Å². The quantitative estimate of drug-likeness (QED) is 0.547. The number of rotatable bonds is 1. The van der Waals surface area contributed by atoms with Crippen LogP contribution in [0.15, 0.2) is 17.2 Å². The SMILES string of the molecule is NCCC#Cc1c[nH]c(=O)cn1. The number of nitrogens with two attached hydrogens (primary N) is 1. The van der Waals surface area contributed by atoms with Gasteiger partial charge in [0.1, 0.15) is 5.69 Å².